The lowest BCUT2D eigenvalue weighted by atomic mass is 10.1. The Labute approximate surface area is 170 Å². The van der Waals surface area contributed by atoms with Gasteiger partial charge in [-0.1, -0.05) is 6.07 Å². The van der Waals surface area contributed by atoms with Crippen molar-refractivity contribution in [3.63, 3.8) is 0 Å². The predicted octanol–water partition coefficient (Wildman–Crippen LogP) is 3.80. The van der Waals surface area contributed by atoms with Crippen LogP contribution in [0, 0.1) is 0 Å². The van der Waals surface area contributed by atoms with Gasteiger partial charge in [0, 0.05) is 25.4 Å². The number of ether oxygens (including phenoxy) is 4. The molecule has 1 fully saturated rings. The third-order valence-electron chi connectivity index (χ3n) is 4.89. The number of hydrogen-bond acceptors (Lipinski definition) is 5. The molecule has 0 spiro atoms. The minimum atomic E-state index is 0.199. The molecular weight excluding hydrogens is 376 g/mol. The van der Waals surface area contributed by atoms with Crippen LogP contribution in [0.25, 0.3) is 0 Å². The number of anilines is 1. The molecule has 1 atom stereocenters. The number of nitrogens with zero attached hydrogens (tertiary/aromatic N) is 1. The van der Waals surface area contributed by atoms with Crippen molar-refractivity contribution in [2.45, 2.75) is 25.5 Å². The Balaban J connectivity index is 1.47. The summed E-state index contributed by atoms with van der Waals surface area (Å²) in [6.07, 6.45) is 2.36. The van der Waals surface area contributed by atoms with Crippen LogP contribution in [-0.2, 0) is 11.3 Å². The Morgan fingerprint density at radius 3 is 2.75 bits per heavy atom. The summed E-state index contributed by atoms with van der Waals surface area (Å²) in [6.45, 7) is 2.51. The second-order valence-electron chi connectivity index (χ2n) is 6.86. The predicted molar refractivity (Wildman–Crippen MR) is 111 cm³/mol. The molecule has 6 nitrogen and oxygen atoms in total. The molecular formula is C21H24N2O4S. The molecule has 1 saturated heterocycles. The first-order chi connectivity index (χ1) is 13.7. The number of rotatable bonds is 6. The van der Waals surface area contributed by atoms with Crippen LogP contribution in [0.4, 0.5) is 5.69 Å². The molecule has 0 saturated carbocycles. The zero-order chi connectivity index (χ0) is 19.3. The lowest BCUT2D eigenvalue weighted by molar-refractivity contribution is 0.0905. The molecule has 0 aromatic heterocycles. The molecule has 1 unspecified atom stereocenters. The molecule has 0 radical (unpaired) electrons. The molecule has 2 aliphatic rings. The number of hydrogen-bond donors (Lipinski definition) is 1. The molecule has 1 N–H and O–H groups in total. The maximum Gasteiger partial charge on any atom is 0.231 e. The Morgan fingerprint density at radius 1 is 1.18 bits per heavy atom. The van der Waals surface area contributed by atoms with E-state index in [0.29, 0.717) is 11.7 Å². The van der Waals surface area contributed by atoms with Crippen LogP contribution in [0.3, 0.4) is 0 Å². The van der Waals surface area contributed by atoms with Gasteiger partial charge < -0.3 is 29.2 Å². The molecule has 2 aromatic rings. The first-order valence-corrected chi connectivity index (χ1v) is 9.82. The van der Waals surface area contributed by atoms with E-state index >= 15 is 0 Å². The fraction of sp³-hybridized carbons (Fsp3) is 0.381. The standard InChI is InChI=1S/C21H24N2O4S/c1-24-17-7-5-16(6-8-17)22-21(28)23(13-18-3-2-10-25-18)12-15-4-9-19-20(11-15)27-14-26-19/h4-9,11,18H,2-3,10,12-14H2,1H3,(H,22,28). The molecule has 2 aliphatic heterocycles. The second-order valence-corrected chi connectivity index (χ2v) is 7.25. The van der Waals surface area contributed by atoms with E-state index in [1.54, 1.807) is 7.11 Å². The van der Waals surface area contributed by atoms with Crippen molar-refractivity contribution in [1.29, 1.82) is 0 Å². The van der Waals surface area contributed by atoms with E-state index in [-0.39, 0.29) is 12.9 Å². The summed E-state index contributed by atoms with van der Waals surface area (Å²) in [4.78, 5) is 2.15. The lowest BCUT2D eigenvalue weighted by Gasteiger charge is -2.28. The summed E-state index contributed by atoms with van der Waals surface area (Å²) in [5.41, 5.74) is 2.04. The van der Waals surface area contributed by atoms with Crippen LogP contribution in [-0.4, -0.2) is 43.2 Å². The highest BCUT2D eigenvalue weighted by molar-refractivity contribution is 7.80. The minimum absolute atomic E-state index is 0.199. The van der Waals surface area contributed by atoms with E-state index in [1.165, 1.54) is 0 Å². The maximum absolute atomic E-state index is 5.84. The second kappa shape index (κ2) is 8.67. The molecule has 2 heterocycles. The van der Waals surface area contributed by atoms with Gasteiger partial charge in [-0.05, 0) is 67.0 Å². The van der Waals surface area contributed by atoms with Gasteiger partial charge in [0.05, 0.1) is 13.2 Å². The van der Waals surface area contributed by atoms with E-state index in [1.807, 2.05) is 42.5 Å². The molecule has 0 bridgehead atoms. The molecule has 7 heteroatoms. The number of nitrogens with one attached hydrogen (secondary N) is 1. The van der Waals surface area contributed by atoms with Gasteiger partial charge in [-0.15, -0.1) is 0 Å². The van der Waals surface area contributed by atoms with Gasteiger partial charge in [-0.2, -0.15) is 0 Å². The van der Waals surface area contributed by atoms with E-state index in [4.69, 9.17) is 31.2 Å². The van der Waals surface area contributed by atoms with Gasteiger partial charge in [0.15, 0.2) is 16.6 Å². The average Bonchev–Trinajstić information content (AvgIpc) is 3.39. The van der Waals surface area contributed by atoms with Crippen LogP contribution >= 0.6 is 12.2 Å². The molecule has 28 heavy (non-hydrogen) atoms. The maximum atomic E-state index is 5.84. The molecule has 0 amide bonds. The van der Waals surface area contributed by atoms with Gasteiger partial charge in [0.1, 0.15) is 5.75 Å². The molecule has 148 valence electrons. The molecule has 2 aromatic carbocycles. The highest BCUT2D eigenvalue weighted by Crippen LogP contribution is 2.33. The highest BCUT2D eigenvalue weighted by atomic mass is 32.1. The Hall–Kier alpha value is -2.51. The SMILES string of the molecule is COc1ccc(NC(=S)N(Cc2ccc3c(c2)OCO3)CC2CCCO2)cc1. The van der Waals surface area contributed by atoms with Crippen molar-refractivity contribution >= 4 is 23.0 Å². The van der Waals surface area contributed by atoms with Crippen molar-refractivity contribution in [2.75, 3.05) is 32.4 Å². The van der Waals surface area contributed by atoms with Crippen molar-refractivity contribution in [3.8, 4) is 17.2 Å². The quantitative estimate of drug-likeness (QED) is 0.740. The zero-order valence-corrected chi connectivity index (χ0v) is 16.7. The van der Waals surface area contributed by atoms with E-state index in [2.05, 4.69) is 10.2 Å². The fourth-order valence-electron chi connectivity index (χ4n) is 3.39. The summed E-state index contributed by atoms with van der Waals surface area (Å²) in [6, 6.07) is 13.7. The Morgan fingerprint density at radius 2 is 2.00 bits per heavy atom. The summed E-state index contributed by atoms with van der Waals surface area (Å²) in [5, 5.41) is 4.00. The van der Waals surface area contributed by atoms with E-state index < -0.39 is 0 Å². The van der Waals surface area contributed by atoms with E-state index in [0.717, 1.165) is 54.5 Å². The Bertz CT molecular complexity index is 822. The smallest absolute Gasteiger partial charge is 0.231 e. The minimum Gasteiger partial charge on any atom is -0.497 e. The molecule has 0 aliphatic carbocycles. The summed E-state index contributed by atoms with van der Waals surface area (Å²) < 4.78 is 22.0. The monoisotopic (exact) mass is 400 g/mol. The number of thiocarbonyl (C=S) groups is 1. The highest BCUT2D eigenvalue weighted by Gasteiger charge is 2.22. The van der Waals surface area contributed by atoms with Crippen molar-refractivity contribution in [1.82, 2.24) is 4.90 Å². The Kier molecular flexibility index (Phi) is 5.83. The summed E-state index contributed by atoms with van der Waals surface area (Å²) >= 11 is 5.72. The van der Waals surface area contributed by atoms with Crippen molar-refractivity contribution < 1.29 is 18.9 Å². The van der Waals surface area contributed by atoms with Crippen molar-refractivity contribution in [3.05, 3.63) is 48.0 Å². The van der Waals surface area contributed by atoms with Crippen LogP contribution in [0.15, 0.2) is 42.5 Å². The van der Waals surface area contributed by atoms with Gasteiger partial charge in [0.2, 0.25) is 6.79 Å². The van der Waals surface area contributed by atoms with Crippen LogP contribution in [0.1, 0.15) is 18.4 Å². The van der Waals surface area contributed by atoms with Crippen molar-refractivity contribution in [2.24, 2.45) is 0 Å². The van der Waals surface area contributed by atoms with Crippen LogP contribution in [0.2, 0.25) is 0 Å². The third kappa shape index (κ3) is 4.48. The fourth-order valence-corrected chi connectivity index (χ4v) is 3.65. The van der Waals surface area contributed by atoms with Crippen LogP contribution in [0.5, 0.6) is 17.2 Å². The number of benzene rings is 2. The van der Waals surface area contributed by atoms with Gasteiger partial charge in [0.25, 0.3) is 0 Å². The first kappa shape index (κ1) is 18.8. The summed E-state index contributed by atoms with van der Waals surface area (Å²) in [7, 11) is 1.65. The van der Waals surface area contributed by atoms with Gasteiger partial charge in [-0.3, -0.25) is 0 Å². The number of fused-ring (bicyclic) bond motifs is 1. The average molecular weight is 401 g/mol. The molecule has 4 rings (SSSR count). The number of methoxy groups -OCH3 is 1. The third-order valence-corrected chi connectivity index (χ3v) is 5.25. The largest absolute Gasteiger partial charge is 0.497 e. The van der Waals surface area contributed by atoms with Crippen LogP contribution < -0.4 is 19.5 Å². The zero-order valence-electron chi connectivity index (χ0n) is 15.8. The van der Waals surface area contributed by atoms with E-state index in [9.17, 15) is 0 Å². The van der Waals surface area contributed by atoms with Gasteiger partial charge in [-0.25, -0.2) is 0 Å². The lowest BCUT2D eigenvalue weighted by Crippen LogP contribution is -2.39. The first-order valence-electron chi connectivity index (χ1n) is 9.41. The summed E-state index contributed by atoms with van der Waals surface area (Å²) in [5.74, 6) is 2.38. The normalized spacial score (nSPS) is 17.4. The topological polar surface area (TPSA) is 52.2 Å². The van der Waals surface area contributed by atoms with Gasteiger partial charge >= 0.3 is 0 Å².